The first-order valence-corrected chi connectivity index (χ1v) is 12.7. The number of rotatable bonds is 7. The van der Waals surface area contributed by atoms with E-state index in [-0.39, 0.29) is 11.9 Å². The summed E-state index contributed by atoms with van der Waals surface area (Å²) in [5.41, 5.74) is 2.43. The molecule has 10 heteroatoms. The number of benzene rings is 3. The van der Waals surface area contributed by atoms with Gasteiger partial charge in [-0.05, 0) is 61.9 Å². The molecule has 0 aliphatic carbocycles. The van der Waals surface area contributed by atoms with Gasteiger partial charge < -0.3 is 19.5 Å². The fourth-order valence-corrected chi connectivity index (χ4v) is 4.50. The van der Waals surface area contributed by atoms with Crippen molar-refractivity contribution >= 4 is 40.8 Å². The molecule has 5 rings (SSSR count). The fraction of sp³-hybridized carbons (Fsp3) is 0.179. The second-order valence-corrected chi connectivity index (χ2v) is 9.34. The summed E-state index contributed by atoms with van der Waals surface area (Å²) in [4.78, 5) is 25.1. The molecule has 3 aromatic carbocycles. The molecule has 0 saturated carbocycles. The third-order valence-corrected chi connectivity index (χ3v) is 6.46. The van der Waals surface area contributed by atoms with Crippen molar-refractivity contribution in [3.63, 3.8) is 0 Å². The van der Waals surface area contributed by atoms with E-state index in [1.165, 1.54) is 0 Å². The SMILES string of the molecule is CCOC(=O)C1CCOc2cc(Oc3ccc(C(=O)Nc4cnn(-c5cccc(Cl)c5)c4)cc3)c(Cl)cc21. The molecule has 2 heterocycles. The van der Waals surface area contributed by atoms with Crippen molar-refractivity contribution in [3.05, 3.63) is 94.2 Å². The molecule has 194 valence electrons. The first kappa shape index (κ1) is 25.6. The van der Waals surface area contributed by atoms with E-state index in [9.17, 15) is 9.59 Å². The van der Waals surface area contributed by atoms with Crippen LogP contribution in [-0.2, 0) is 9.53 Å². The highest BCUT2D eigenvalue weighted by molar-refractivity contribution is 6.32. The van der Waals surface area contributed by atoms with Crippen LogP contribution in [0.25, 0.3) is 5.69 Å². The lowest BCUT2D eigenvalue weighted by Gasteiger charge is -2.25. The molecule has 1 atom stereocenters. The third kappa shape index (κ3) is 5.61. The minimum Gasteiger partial charge on any atom is -0.493 e. The number of hydrogen-bond acceptors (Lipinski definition) is 6. The van der Waals surface area contributed by atoms with Crippen LogP contribution >= 0.6 is 23.2 Å². The van der Waals surface area contributed by atoms with Crippen molar-refractivity contribution in [2.45, 2.75) is 19.3 Å². The van der Waals surface area contributed by atoms with Crippen molar-refractivity contribution < 1.29 is 23.8 Å². The smallest absolute Gasteiger partial charge is 0.313 e. The summed E-state index contributed by atoms with van der Waals surface area (Å²) in [7, 11) is 0. The first-order chi connectivity index (χ1) is 18.4. The maximum absolute atomic E-state index is 12.7. The highest BCUT2D eigenvalue weighted by atomic mass is 35.5. The summed E-state index contributed by atoms with van der Waals surface area (Å²) < 4.78 is 18.5. The van der Waals surface area contributed by atoms with E-state index in [4.69, 9.17) is 37.4 Å². The molecule has 1 amide bonds. The van der Waals surface area contributed by atoms with E-state index in [0.29, 0.717) is 63.7 Å². The molecule has 0 saturated heterocycles. The molecule has 0 fully saturated rings. The number of fused-ring (bicyclic) bond motifs is 1. The van der Waals surface area contributed by atoms with Gasteiger partial charge in [0.25, 0.3) is 5.91 Å². The second kappa shape index (κ2) is 11.2. The van der Waals surface area contributed by atoms with Gasteiger partial charge in [0.2, 0.25) is 0 Å². The molecule has 0 bridgehead atoms. The van der Waals surface area contributed by atoms with E-state index >= 15 is 0 Å². The molecule has 8 nitrogen and oxygen atoms in total. The Morgan fingerprint density at radius 3 is 2.71 bits per heavy atom. The Hall–Kier alpha value is -4.01. The molecule has 4 aromatic rings. The minimum absolute atomic E-state index is 0.299. The number of halogens is 2. The lowest BCUT2D eigenvalue weighted by atomic mass is 9.93. The Kier molecular flexibility index (Phi) is 7.53. The highest BCUT2D eigenvalue weighted by Crippen LogP contribution is 2.42. The predicted molar refractivity (Wildman–Crippen MR) is 144 cm³/mol. The van der Waals surface area contributed by atoms with E-state index in [1.807, 2.05) is 12.1 Å². The van der Waals surface area contributed by atoms with Crippen molar-refractivity contribution in [2.24, 2.45) is 0 Å². The van der Waals surface area contributed by atoms with Crippen LogP contribution in [0.3, 0.4) is 0 Å². The van der Waals surface area contributed by atoms with E-state index in [1.54, 1.807) is 72.5 Å². The van der Waals surface area contributed by atoms with E-state index in [0.717, 1.165) is 5.69 Å². The van der Waals surface area contributed by atoms with Crippen LogP contribution in [0.5, 0.6) is 17.2 Å². The summed E-state index contributed by atoms with van der Waals surface area (Å²) in [6.07, 6.45) is 3.78. The molecule has 1 aliphatic rings. The van der Waals surface area contributed by atoms with Crippen LogP contribution in [0.4, 0.5) is 5.69 Å². The van der Waals surface area contributed by atoms with Crippen molar-refractivity contribution in [1.29, 1.82) is 0 Å². The van der Waals surface area contributed by atoms with Gasteiger partial charge in [0, 0.05) is 22.2 Å². The number of anilines is 1. The van der Waals surface area contributed by atoms with Gasteiger partial charge in [0.05, 0.1) is 47.9 Å². The number of esters is 1. The monoisotopic (exact) mass is 551 g/mol. The number of nitrogens with one attached hydrogen (secondary N) is 1. The fourth-order valence-electron chi connectivity index (χ4n) is 4.11. The van der Waals surface area contributed by atoms with Crippen LogP contribution < -0.4 is 14.8 Å². The number of hydrogen-bond donors (Lipinski definition) is 1. The second-order valence-electron chi connectivity index (χ2n) is 8.50. The van der Waals surface area contributed by atoms with Gasteiger partial charge in [0.1, 0.15) is 17.2 Å². The maximum Gasteiger partial charge on any atom is 0.313 e. The van der Waals surface area contributed by atoms with E-state index < -0.39 is 5.92 Å². The Morgan fingerprint density at radius 1 is 1.13 bits per heavy atom. The number of carbonyl (C=O) groups is 2. The van der Waals surface area contributed by atoms with Gasteiger partial charge in [-0.3, -0.25) is 9.59 Å². The van der Waals surface area contributed by atoms with Gasteiger partial charge in [-0.25, -0.2) is 4.68 Å². The molecular formula is C28H23Cl2N3O5. The lowest BCUT2D eigenvalue weighted by molar-refractivity contribution is -0.145. The average molecular weight is 552 g/mol. The Balaban J connectivity index is 1.26. The van der Waals surface area contributed by atoms with Crippen LogP contribution in [0, 0.1) is 0 Å². The van der Waals surface area contributed by atoms with Gasteiger partial charge in [-0.2, -0.15) is 5.10 Å². The van der Waals surface area contributed by atoms with Crippen LogP contribution in [0.1, 0.15) is 35.2 Å². The quantitative estimate of drug-likeness (QED) is 0.258. The number of ether oxygens (including phenoxy) is 3. The standard InChI is InChI=1S/C28H23Cl2N3O5/c1-2-36-28(35)22-10-11-37-25-14-26(24(30)13-23(22)25)38-21-8-6-17(7-9-21)27(34)32-19-15-31-33(16-19)20-5-3-4-18(29)12-20/h3-9,12-16,22H,2,10-11H2,1H3,(H,32,34). The minimum atomic E-state index is -0.430. The van der Waals surface area contributed by atoms with Crippen LogP contribution in [0.15, 0.2) is 73.1 Å². The Bertz CT molecular complexity index is 1490. The molecule has 0 radical (unpaired) electrons. The number of amides is 1. The van der Waals surface area contributed by atoms with Crippen LogP contribution in [0.2, 0.25) is 10.0 Å². The molecule has 38 heavy (non-hydrogen) atoms. The topological polar surface area (TPSA) is 91.7 Å². The van der Waals surface area contributed by atoms with Gasteiger partial charge in [0.15, 0.2) is 0 Å². The molecule has 0 spiro atoms. The summed E-state index contributed by atoms with van der Waals surface area (Å²) in [6, 6.07) is 17.2. The van der Waals surface area contributed by atoms with Crippen molar-refractivity contribution in [2.75, 3.05) is 18.5 Å². The summed E-state index contributed by atoms with van der Waals surface area (Å²) in [5.74, 6) is 0.360. The van der Waals surface area contributed by atoms with E-state index in [2.05, 4.69) is 10.4 Å². The Morgan fingerprint density at radius 2 is 1.95 bits per heavy atom. The zero-order chi connectivity index (χ0) is 26.6. The normalized spacial score (nSPS) is 14.2. The maximum atomic E-state index is 12.7. The first-order valence-electron chi connectivity index (χ1n) is 11.9. The Labute approximate surface area is 229 Å². The van der Waals surface area contributed by atoms with Crippen LogP contribution in [-0.4, -0.2) is 34.9 Å². The molecular weight excluding hydrogens is 529 g/mol. The molecule has 1 aliphatic heterocycles. The molecule has 1 N–H and O–H groups in total. The summed E-state index contributed by atoms with van der Waals surface area (Å²) in [5, 5.41) is 8.03. The van der Waals surface area contributed by atoms with Gasteiger partial charge in [-0.1, -0.05) is 29.3 Å². The summed E-state index contributed by atoms with van der Waals surface area (Å²) in [6.45, 7) is 2.47. The number of aromatic nitrogens is 2. The van der Waals surface area contributed by atoms with Gasteiger partial charge >= 0.3 is 5.97 Å². The van der Waals surface area contributed by atoms with Crippen molar-refractivity contribution in [1.82, 2.24) is 9.78 Å². The highest BCUT2D eigenvalue weighted by Gasteiger charge is 2.30. The number of carbonyl (C=O) groups excluding carboxylic acids is 2. The summed E-state index contributed by atoms with van der Waals surface area (Å²) >= 11 is 12.5. The van der Waals surface area contributed by atoms with Gasteiger partial charge in [-0.15, -0.1) is 0 Å². The predicted octanol–water partition coefficient (Wildman–Crippen LogP) is 6.65. The third-order valence-electron chi connectivity index (χ3n) is 5.93. The lowest BCUT2D eigenvalue weighted by Crippen LogP contribution is -2.23. The molecule has 1 aromatic heterocycles. The zero-order valence-electron chi connectivity index (χ0n) is 20.3. The van der Waals surface area contributed by atoms with Crippen molar-refractivity contribution in [3.8, 4) is 22.9 Å². The largest absolute Gasteiger partial charge is 0.493 e. The zero-order valence-corrected chi connectivity index (χ0v) is 21.8. The molecule has 1 unspecified atom stereocenters. The number of nitrogens with zero attached hydrogens (tertiary/aromatic N) is 2. The average Bonchev–Trinajstić information content (AvgIpc) is 3.38.